The molecule has 2 rings (SSSR count). The molecule has 0 radical (unpaired) electrons. The molecule has 5 heteroatoms. The molecule has 0 fully saturated rings. The molecule has 0 heterocycles. The standard InChI is InChI=1S/C18H19BrN2O2/c1-12-4-3-5-14(8-12)11-20-17(22)10-18(23)21-16-7-6-13(2)9-15(16)19/h3-9H,10-11H2,1-2H3,(H,20,22)(H,21,23). The molecule has 0 aliphatic carbocycles. The summed E-state index contributed by atoms with van der Waals surface area (Å²) in [4.78, 5) is 23.8. The second kappa shape index (κ2) is 7.92. The molecule has 0 aliphatic heterocycles. The first kappa shape index (κ1) is 17.2. The third-order valence-electron chi connectivity index (χ3n) is 3.29. The van der Waals surface area contributed by atoms with Gasteiger partial charge in [-0.3, -0.25) is 9.59 Å². The summed E-state index contributed by atoms with van der Waals surface area (Å²) in [6.45, 7) is 4.38. The van der Waals surface area contributed by atoms with Gasteiger partial charge < -0.3 is 10.6 Å². The average molecular weight is 375 g/mol. The van der Waals surface area contributed by atoms with Crippen molar-refractivity contribution in [1.29, 1.82) is 0 Å². The zero-order chi connectivity index (χ0) is 16.8. The van der Waals surface area contributed by atoms with Crippen LogP contribution >= 0.6 is 15.9 Å². The van der Waals surface area contributed by atoms with Crippen LogP contribution in [0.1, 0.15) is 23.1 Å². The Labute approximate surface area is 144 Å². The molecule has 2 aromatic carbocycles. The molecule has 0 saturated carbocycles. The highest BCUT2D eigenvalue weighted by molar-refractivity contribution is 9.10. The van der Waals surface area contributed by atoms with Gasteiger partial charge in [0.15, 0.2) is 0 Å². The minimum absolute atomic E-state index is 0.202. The van der Waals surface area contributed by atoms with E-state index in [1.807, 2.05) is 56.3 Å². The molecule has 4 nitrogen and oxygen atoms in total. The van der Waals surface area contributed by atoms with Gasteiger partial charge in [0.25, 0.3) is 0 Å². The average Bonchev–Trinajstić information content (AvgIpc) is 2.48. The second-order valence-electron chi connectivity index (χ2n) is 5.47. The highest BCUT2D eigenvalue weighted by Crippen LogP contribution is 2.23. The van der Waals surface area contributed by atoms with E-state index in [9.17, 15) is 9.59 Å². The van der Waals surface area contributed by atoms with E-state index in [4.69, 9.17) is 0 Å². The van der Waals surface area contributed by atoms with Gasteiger partial charge in [-0.05, 0) is 53.0 Å². The predicted molar refractivity (Wildman–Crippen MR) is 95.2 cm³/mol. The lowest BCUT2D eigenvalue weighted by atomic mass is 10.1. The number of hydrogen-bond donors (Lipinski definition) is 2. The first-order chi connectivity index (χ1) is 10.9. The Morgan fingerprint density at radius 2 is 1.74 bits per heavy atom. The fourth-order valence-corrected chi connectivity index (χ4v) is 2.74. The maximum absolute atomic E-state index is 11.9. The van der Waals surface area contributed by atoms with Crippen molar-refractivity contribution in [1.82, 2.24) is 5.32 Å². The maximum atomic E-state index is 11.9. The summed E-state index contributed by atoms with van der Waals surface area (Å²) in [6, 6.07) is 13.5. The minimum atomic E-state index is -0.337. The Morgan fingerprint density at radius 1 is 1.00 bits per heavy atom. The van der Waals surface area contributed by atoms with Crippen LogP contribution in [0.3, 0.4) is 0 Å². The summed E-state index contributed by atoms with van der Waals surface area (Å²) in [5.41, 5.74) is 3.90. The normalized spacial score (nSPS) is 10.2. The van der Waals surface area contributed by atoms with Gasteiger partial charge in [0.05, 0.1) is 5.69 Å². The van der Waals surface area contributed by atoms with Crippen LogP contribution in [-0.4, -0.2) is 11.8 Å². The lowest BCUT2D eigenvalue weighted by Gasteiger charge is -2.09. The van der Waals surface area contributed by atoms with Crippen molar-refractivity contribution >= 4 is 33.4 Å². The van der Waals surface area contributed by atoms with E-state index in [1.165, 1.54) is 0 Å². The van der Waals surface area contributed by atoms with Crippen molar-refractivity contribution in [2.24, 2.45) is 0 Å². The second-order valence-corrected chi connectivity index (χ2v) is 6.33. The number of anilines is 1. The van der Waals surface area contributed by atoms with Crippen LogP contribution in [-0.2, 0) is 16.1 Å². The maximum Gasteiger partial charge on any atom is 0.233 e. The number of halogens is 1. The van der Waals surface area contributed by atoms with Gasteiger partial charge in [-0.15, -0.1) is 0 Å². The van der Waals surface area contributed by atoms with Crippen molar-refractivity contribution in [3.63, 3.8) is 0 Å². The summed E-state index contributed by atoms with van der Waals surface area (Å²) >= 11 is 3.39. The Kier molecular flexibility index (Phi) is 5.93. The van der Waals surface area contributed by atoms with Crippen molar-refractivity contribution in [2.45, 2.75) is 26.8 Å². The first-order valence-electron chi connectivity index (χ1n) is 7.32. The van der Waals surface area contributed by atoms with Gasteiger partial charge >= 0.3 is 0 Å². The van der Waals surface area contributed by atoms with Crippen LogP contribution in [0.5, 0.6) is 0 Å². The molecule has 0 saturated heterocycles. The van der Waals surface area contributed by atoms with Crippen LogP contribution < -0.4 is 10.6 Å². The molecule has 2 amide bonds. The molecule has 0 atom stereocenters. The van der Waals surface area contributed by atoms with Crippen molar-refractivity contribution in [3.05, 3.63) is 63.6 Å². The summed E-state index contributed by atoms with van der Waals surface area (Å²) < 4.78 is 0.797. The van der Waals surface area contributed by atoms with Crippen LogP contribution in [0, 0.1) is 13.8 Å². The van der Waals surface area contributed by atoms with Crippen molar-refractivity contribution in [3.8, 4) is 0 Å². The van der Waals surface area contributed by atoms with Gasteiger partial charge in [0.2, 0.25) is 11.8 Å². The zero-order valence-electron chi connectivity index (χ0n) is 13.2. The zero-order valence-corrected chi connectivity index (χ0v) is 14.7. The van der Waals surface area contributed by atoms with Gasteiger partial charge in [0, 0.05) is 11.0 Å². The van der Waals surface area contributed by atoms with Crippen molar-refractivity contribution in [2.75, 3.05) is 5.32 Å². The van der Waals surface area contributed by atoms with Crippen LogP contribution in [0.25, 0.3) is 0 Å². The molecule has 0 bridgehead atoms. The molecule has 23 heavy (non-hydrogen) atoms. The first-order valence-corrected chi connectivity index (χ1v) is 8.11. The summed E-state index contributed by atoms with van der Waals surface area (Å²) in [5, 5.41) is 5.48. The van der Waals surface area contributed by atoms with E-state index in [1.54, 1.807) is 0 Å². The third kappa shape index (κ3) is 5.53. The Bertz CT molecular complexity index is 729. The predicted octanol–water partition coefficient (Wildman–Crippen LogP) is 3.71. The molecule has 0 spiro atoms. The van der Waals surface area contributed by atoms with Gasteiger partial charge in [0.1, 0.15) is 6.42 Å². The smallest absolute Gasteiger partial charge is 0.233 e. The third-order valence-corrected chi connectivity index (χ3v) is 3.95. The van der Waals surface area contributed by atoms with E-state index >= 15 is 0 Å². The SMILES string of the molecule is Cc1cccc(CNC(=O)CC(=O)Nc2ccc(C)cc2Br)c1. The number of nitrogens with one attached hydrogen (secondary N) is 2. The lowest BCUT2D eigenvalue weighted by molar-refractivity contribution is -0.126. The Hall–Kier alpha value is -2.14. The number of carbonyl (C=O) groups is 2. The van der Waals surface area contributed by atoms with Crippen LogP contribution in [0.2, 0.25) is 0 Å². The fourth-order valence-electron chi connectivity index (χ4n) is 2.15. The quantitative estimate of drug-likeness (QED) is 0.783. The highest BCUT2D eigenvalue weighted by atomic mass is 79.9. The number of hydrogen-bond acceptors (Lipinski definition) is 2. The number of aryl methyl sites for hydroxylation is 2. The van der Waals surface area contributed by atoms with Gasteiger partial charge in [-0.25, -0.2) is 0 Å². The topological polar surface area (TPSA) is 58.2 Å². The van der Waals surface area contributed by atoms with Gasteiger partial charge in [-0.1, -0.05) is 35.9 Å². The lowest BCUT2D eigenvalue weighted by Crippen LogP contribution is -2.27. The van der Waals surface area contributed by atoms with E-state index in [2.05, 4.69) is 26.6 Å². The fraction of sp³-hybridized carbons (Fsp3) is 0.222. The van der Waals surface area contributed by atoms with Crippen LogP contribution in [0.4, 0.5) is 5.69 Å². The summed E-state index contributed by atoms with van der Waals surface area (Å²) in [5.74, 6) is -0.636. The van der Waals surface area contributed by atoms with Crippen molar-refractivity contribution < 1.29 is 9.59 Å². The van der Waals surface area contributed by atoms with Crippen LogP contribution in [0.15, 0.2) is 46.9 Å². The Morgan fingerprint density at radius 3 is 2.43 bits per heavy atom. The van der Waals surface area contributed by atoms with E-state index in [-0.39, 0.29) is 18.2 Å². The molecular formula is C18H19BrN2O2. The van der Waals surface area contributed by atoms with E-state index < -0.39 is 0 Å². The molecule has 120 valence electrons. The molecule has 0 unspecified atom stereocenters. The van der Waals surface area contributed by atoms with Gasteiger partial charge in [-0.2, -0.15) is 0 Å². The summed E-state index contributed by atoms with van der Waals surface area (Å²) in [6.07, 6.45) is -0.202. The highest BCUT2D eigenvalue weighted by Gasteiger charge is 2.11. The number of amides is 2. The van der Waals surface area contributed by atoms with E-state index in [0.29, 0.717) is 12.2 Å². The molecule has 0 aliphatic rings. The molecule has 2 N–H and O–H groups in total. The number of benzene rings is 2. The van der Waals surface area contributed by atoms with E-state index in [0.717, 1.165) is 21.2 Å². The number of carbonyl (C=O) groups excluding carboxylic acids is 2. The minimum Gasteiger partial charge on any atom is -0.352 e. The molecule has 2 aromatic rings. The molecular weight excluding hydrogens is 356 g/mol. The number of rotatable bonds is 5. The Balaban J connectivity index is 1.84. The largest absolute Gasteiger partial charge is 0.352 e. The monoisotopic (exact) mass is 374 g/mol. The summed E-state index contributed by atoms with van der Waals surface area (Å²) in [7, 11) is 0. The molecule has 0 aromatic heterocycles.